The van der Waals surface area contributed by atoms with Crippen molar-refractivity contribution in [3.63, 3.8) is 0 Å². The number of hydrogen-bond acceptors (Lipinski definition) is 2. The largest absolute Gasteiger partial charge is 0.320 e. The molecular formula is C11H7Cl2NOS. The summed E-state index contributed by atoms with van der Waals surface area (Å²) >= 11 is 13.1. The van der Waals surface area contributed by atoms with Gasteiger partial charge in [0.15, 0.2) is 0 Å². The first-order valence-corrected chi connectivity index (χ1v) is 6.11. The van der Waals surface area contributed by atoms with E-state index >= 15 is 0 Å². The number of rotatable bonds is 2. The van der Waals surface area contributed by atoms with Crippen molar-refractivity contribution in [2.45, 2.75) is 0 Å². The quantitative estimate of drug-likeness (QED) is 0.867. The highest BCUT2D eigenvalue weighted by molar-refractivity contribution is 7.12. The van der Waals surface area contributed by atoms with Crippen LogP contribution in [0.15, 0.2) is 35.7 Å². The Bertz CT molecular complexity index is 524. The minimum atomic E-state index is -0.242. The van der Waals surface area contributed by atoms with Crippen molar-refractivity contribution in [1.82, 2.24) is 0 Å². The number of hydrogen-bond donors (Lipinski definition) is 1. The minimum Gasteiger partial charge on any atom is -0.320 e. The molecule has 0 fully saturated rings. The molecule has 82 valence electrons. The Balaban J connectivity index is 2.21. The normalized spacial score (nSPS) is 10.1. The Kier molecular flexibility index (Phi) is 3.49. The average molecular weight is 272 g/mol. The molecule has 1 N–H and O–H groups in total. The summed E-state index contributed by atoms with van der Waals surface area (Å²) in [7, 11) is 0. The van der Waals surface area contributed by atoms with Gasteiger partial charge in [-0.25, -0.2) is 0 Å². The lowest BCUT2D eigenvalue weighted by Crippen LogP contribution is -2.10. The van der Waals surface area contributed by atoms with Crippen molar-refractivity contribution in [3.8, 4) is 0 Å². The van der Waals surface area contributed by atoms with Crippen molar-refractivity contribution in [2.24, 2.45) is 0 Å². The summed E-state index contributed by atoms with van der Waals surface area (Å²) in [6.07, 6.45) is 0. The number of para-hydroxylation sites is 1. The summed E-state index contributed by atoms with van der Waals surface area (Å²) < 4.78 is 0. The summed E-state index contributed by atoms with van der Waals surface area (Å²) in [5, 5.41) is 5.43. The molecule has 2 rings (SSSR count). The van der Waals surface area contributed by atoms with Crippen LogP contribution in [0.2, 0.25) is 10.0 Å². The molecule has 5 heteroatoms. The number of halogens is 2. The molecule has 2 nitrogen and oxygen atoms in total. The van der Waals surface area contributed by atoms with Gasteiger partial charge < -0.3 is 5.32 Å². The molecule has 1 aromatic carbocycles. The minimum absolute atomic E-state index is 0.242. The first-order valence-electron chi connectivity index (χ1n) is 4.47. The lowest BCUT2D eigenvalue weighted by Gasteiger charge is -2.05. The second-order valence-electron chi connectivity index (χ2n) is 3.03. The van der Waals surface area contributed by atoms with Gasteiger partial charge >= 0.3 is 0 Å². The number of anilines is 1. The van der Waals surface area contributed by atoms with Gasteiger partial charge in [-0.3, -0.25) is 4.79 Å². The maximum absolute atomic E-state index is 11.8. The van der Waals surface area contributed by atoms with Crippen molar-refractivity contribution >= 4 is 46.1 Å². The molecule has 1 heterocycles. The predicted molar refractivity (Wildman–Crippen MR) is 68.7 cm³/mol. The monoisotopic (exact) mass is 271 g/mol. The topological polar surface area (TPSA) is 29.1 Å². The lowest BCUT2D eigenvalue weighted by atomic mass is 10.3. The average Bonchev–Trinajstić information content (AvgIpc) is 2.68. The molecule has 0 aliphatic heterocycles. The molecule has 0 unspecified atom stereocenters. The van der Waals surface area contributed by atoms with Gasteiger partial charge in [0.25, 0.3) is 5.91 Å². The van der Waals surface area contributed by atoms with Crippen LogP contribution in [0.5, 0.6) is 0 Å². The highest BCUT2D eigenvalue weighted by Gasteiger charge is 2.12. The smallest absolute Gasteiger partial charge is 0.267 e. The molecule has 0 spiro atoms. The van der Waals surface area contributed by atoms with Gasteiger partial charge in [-0.1, -0.05) is 35.3 Å². The lowest BCUT2D eigenvalue weighted by molar-refractivity contribution is 0.103. The molecule has 0 aliphatic rings. The summed E-state index contributed by atoms with van der Waals surface area (Å²) in [6.45, 7) is 0. The van der Waals surface area contributed by atoms with Crippen LogP contribution in [-0.2, 0) is 0 Å². The summed E-state index contributed by atoms with van der Waals surface area (Å²) in [5.74, 6) is -0.242. The molecule has 0 saturated heterocycles. The van der Waals surface area contributed by atoms with Crippen LogP contribution in [0.1, 0.15) is 9.67 Å². The fraction of sp³-hybridized carbons (Fsp3) is 0. The van der Waals surface area contributed by atoms with Gasteiger partial charge in [0, 0.05) is 0 Å². The van der Waals surface area contributed by atoms with E-state index < -0.39 is 0 Å². The Morgan fingerprint density at radius 1 is 1.12 bits per heavy atom. The number of amides is 1. The maximum Gasteiger partial charge on any atom is 0.267 e. The SMILES string of the molecule is O=C(Nc1ccccc1Cl)c1sccc1Cl. The van der Waals surface area contributed by atoms with Crippen molar-refractivity contribution in [2.75, 3.05) is 5.32 Å². The van der Waals surface area contributed by atoms with Gasteiger partial charge in [-0.05, 0) is 23.6 Å². The molecule has 16 heavy (non-hydrogen) atoms. The van der Waals surface area contributed by atoms with Gasteiger partial charge in [0.2, 0.25) is 0 Å². The molecule has 1 aromatic heterocycles. The molecule has 0 bridgehead atoms. The van der Waals surface area contributed by atoms with Crippen molar-refractivity contribution in [3.05, 3.63) is 50.6 Å². The van der Waals surface area contributed by atoms with Crippen LogP contribution in [-0.4, -0.2) is 5.91 Å². The van der Waals surface area contributed by atoms with E-state index in [2.05, 4.69) is 5.32 Å². The number of thiophene rings is 1. The highest BCUT2D eigenvalue weighted by atomic mass is 35.5. The highest BCUT2D eigenvalue weighted by Crippen LogP contribution is 2.25. The zero-order valence-electron chi connectivity index (χ0n) is 8.04. The third-order valence-electron chi connectivity index (χ3n) is 1.95. The van der Waals surface area contributed by atoms with E-state index in [1.54, 1.807) is 35.7 Å². The van der Waals surface area contributed by atoms with E-state index in [-0.39, 0.29) is 5.91 Å². The Hall–Kier alpha value is -1.03. The van der Waals surface area contributed by atoms with Crippen LogP contribution in [0.3, 0.4) is 0 Å². The molecule has 0 aliphatic carbocycles. The van der Waals surface area contributed by atoms with E-state index in [1.165, 1.54) is 11.3 Å². The van der Waals surface area contributed by atoms with Crippen LogP contribution in [0.25, 0.3) is 0 Å². The number of nitrogens with one attached hydrogen (secondary N) is 1. The second-order valence-corrected chi connectivity index (χ2v) is 4.76. The molecule has 0 radical (unpaired) electrons. The molecule has 0 saturated carbocycles. The van der Waals surface area contributed by atoms with Crippen LogP contribution >= 0.6 is 34.5 Å². The Morgan fingerprint density at radius 2 is 1.88 bits per heavy atom. The zero-order chi connectivity index (χ0) is 11.5. The van der Waals surface area contributed by atoms with Crippen LogP contribution < -0.4 is 5.32 Å². The molecule has 2 aromatic rings. The summed E-state index contributed by atoms with van der Waals surface area (Å²) in [5.41, 5.74) is 0.582. The zero-order valence-corrected chi connectivity index (χ0v) is 10.4. The number of benzene rings is 1. The first kappa shape index (κ1) is 11.5. The van der Waals surface area contributed by atoms with E-state index in [1.807, 2.05) is 0 Å². The number of carbonyl (C=O) groups excluding carboxylic acids is 1. The van der Waals surface area contributed by atoms with Gasteiger partial charge in [0.1, 0.15) is 4.88 Å². The standard InChI is InChI=1S/C11H7Cl2NOS/c12-7-3-1-2-4-9(7)14-11(15)10-8(13)5-6-16-10/h1-6H,(H,14,15). The predicted octanol–water partition coefficient (Wildman–Crippen LogP) is 4.31. The fourth-order valence-corrected chi connectivity index (χ4v) is 2.42. The molecule has 0 atom stereocenters. The van der Waals surface area contributed by atoms with E-state index in [9.17, 15) is 4.79 Å². The second kappa shape index (κ2) is 4.87. The number of carbonyl (C=O) groups is 1. The van der Waals surface area contributed by atoms with E-state index in [0.717, 1.165) is 0 Å². The maximum atomic E-state index is 11.8. The van der Waals surface area contributed by atoms with Gasteiger partial charge in [0.05, 0.1) is 15.7 Å². The Labute approximate surface area is 107 Å². The van der Waals surface area contributed by atoms with Gasteiger partial charge in [-0.2, -0.15) is 0 Å². The van der Waals surface area contributed by atoms with Gasteiger partial charge in [-0.15, -0.1) is 11.3 Å². The van der Waals surface area contributed by atoms with Crippen molar-refractivity contribution < 1.29 is 4.79 Å². The van der Waals surface area contributed by atoms with E-state index in [0.29, 0.717) is 20.6 Å². The molecule has 1 amide bonds. The van der Waals surface area contributed by atoms with Crippen LogP contribution in [0, 0.1) is 0 Å². The van der Waals surface area contributed by atoms with Crippen LogP contribution in [0.4, 0.5) is 5.69 Å². The summed E-state index contributed by atoms with van der Waals surface area (Å²) in [4.78, 5) is 12.3. The summed E-state index contributed by atoms with van der Waals surface area (Å²) in [6, 6.07) is 8.75. The third-order valence-corrected chi connectivity index (χ3v) is 3.62. The van der Waals surface area contributed by atoms with Crippen molar-refractivity contribution in [1.29, 1.82) is 0 Å². The fourth-order valence-electron chi connectivity index (χ4n) is 1.20. The van der Waals surface area contributed by atoms with E-state index in [4.69, 9.17) is 23.2 Å². The first-order chi connectivity index (χ1) is 7.68. The third kappa shape index (κ3) is 2.38. The Morgan fingerprint density at radius 3 is 2.50 bits per heavy atom. The molecular weight excluding hydrogens is 265 g/mol.